The number of carbonyl (C=O) groups is 1. The van der Waals surface area contributed by atoms with Gasteiger partial charge in [-0.3, -0.25) is 15.2 Å². The summed E-state index contributed by atoms with van der Waals surface area (Å²) in [4.78, 5) is 27.6. The maximum atomic E-state index is 16.6. The second kappa shape index (κ2) is 11.2. The third kappa shape index (κ3) is 5.45. The molecule has 14 heteroatoms. The van der Waals surface area contributed by atoms with Crippen molar-refractivity contribution >= 4 is 43.4 Å². The first-order chi connectivity index (χ1) is 20.6. The number of nitrogens with one attached hydrogen (secondary N) is 1. The van der Waals surface area contributed by atoms with Crippen LogP contribution in [0.15, 0.2) is 12.4 Å². The molecule has 5 heterocycles. The minimum Gasteiger partial charge on any atom is -0.462 e. The molecule has 1 amide bonds. The van der Waals surface area contributed by atoms with Gasteiger partial charge in [-0.25, -0.2) is 18.6 Å². The van der Waals surface area contributed by atoms with E-state index < -0.39 is 23.3 Å². The Labute approximate surface area is 249 Å². The molecule has 0 bridgehead atoms. The van der Waals surface area contributed by atoms with E-state index >= 15 is 8.78 Å². The zero-order valence-corrected chi connectivity index (χ0v) is 24.7. The number of ether oxygens (including phenoxy) is 4. The summed E-state index contributed by atoms with van der Waals surface area (Å²) in [6.07, 6.45) is 1.66. The van der Waals surface area contributed by atoms with E-state index in [0.717, 1.165) is 24.1 Å². The molecule has 0 spiro atoms. The number of morpholine rings is 1. The normalized spacial score (nSPS) is 17.2. The number of fused-ring (bicyclic) bond motifs is 4. The highest BCUT2D eigenvalue weighted by Crippen LogP contribution is 2.45. The van der Waals surface area contributed by atoms with Crippen LogP contribution in [0.4, 0.5) is 18.6 Å². The lowest BCUT2D eigenvalue weighted by Crippen LogP contribution is -2.46. The first-order valence-electron chi connectivity index (χ1n) is 13.6. The van der Waals surface area contributed by atoms with Crippen LogP contribution in [0.2, 0.25) is 0 Å². The van der Waals surface area contributed by atoms with Crippen molar-refractivity contribution in [1.82, 2.24) is 19.9 Å². The second-order valence-corrected chi connectivity index (χ2v) is 12.3. The first-order valence-corrected chi connectivity index (χ1v) is 14.4. The number of amides is 1. The number of rotatable bonds is 5. The van der Waals surface area contributed by atoms with Crippen LogP contribution in [-0.2, 0) is 27.4 Å². The van der Waals surface area contributed by atoms with Crippen LogP contribution in [0, 0.1) is 23.0 Å². The van der Waals surface area contributed by atoms with Crippen molar-refractivity contribution in [3.63, 3.8) is 0 Å². The van der Waals surface area contributed by atoms with Gasteiger partial charge in [0.05, 0.1) is 54.6 Å². The number of benzene rings is 1. The molecule has 11 nitrogen and oxygen atoms in total. The van der Waals surface area contributed by atoms with Gasteiger partial charge in [0.15, 0.2) is 11.6 Å². The number of likely N-dealkylation sites (N-methyl/N-ethyl adjacent to an activating group) is 1. The van der Waals surface area contributed by atoms with Gasteiger partial charge in [-0.2, -0.15) is 10.2 Å². The molecule has 1 N–H and O–H groups in total. The predicted octanol–water partition coefficient (Wildman–Crippen LogP) is 5.14. The number of anilines is 1. The smallest absolute Gasteiger partial charge is 0.412 e. The number of nitriles is 1. The molecule has 0 saturated carbocycles. The van der Waals surface area contributed by atoms with Gasteiger partial charge in [-0.05, 0) is 38.9 Å². The third-order valence-corrected chi connectivity index (χ3v) is 8.35. The molecule has 224 valence electrons. The van der Waals surface area contributed by atoms with Gasteiger partial charge >= 0.3 is 12.1 Å². The Balaban J connectivity index is 1.47. The van der Waals surface area contributed by atoms with E-state index in [1.54, 1.807) is 20.8 Å². The van der Waals surface area contributed by atoms with Crippen molar-refractivity contribution in [3.05, 3.63) is 40.7 Å². The van der Waals surface area contributed by atoms with Crippen LogP contribution < -0.4 is 10.1 Å². The van der Waals surface area contributed by atoms with Gasteiger partial charge in [-0.1, -0.05) is 0 Å². The molecular weight excluding hydrogens is 582 g/mol. The van der Waals surface area contributed by atoms with Crippen molar-refractivity contribution in [1.29, 1.82) is 5.26 Å². The van der Waals surface area contributed by atoms with Crippen LogP contribution in [0.5, 0.6) is 6.01 Å². The summed E-state index contributed by atoms with van der Waals surface area (Å²) in [5.74, 6) is -1.46. The fourth-order valence-corrected chi connectivity index (χ4v) is 6.19. The molecule has 0 radical (unpaired) electrons. The Morgan fingerprint density at radius 2 is 2.02 bits per heavy atom. The zero-order valence-electron chi connectivity index (χ0n) is 23.9. The van der Waals surface area contributed by atoms with Gasteiger partial charge in [0.1, 0.15) is 28.8 Å². The number of halogens is 2. The molecule has 1 saturated heterocycles. The number of carbonyl (C=O) groups excluding carboxylic acids is 1. The molecular formula is C29H28F2N6O5S. The fourth-order valence-electron chi connectivity index (χ4n) is 5.15. The number of hydrogen-bond donors (Lipinski definition) is 1. The number of hydrogen-bond acceptors (Lipinski definition) is 11. The molecule has 0 unspecified atom stereocenters. The summed E-state index contributed by atoms with van der Waals surface area (Å²) in [6, 6.07) is 2.01. The standard InChI is InChI=1S/C29H28F2N6O5S/c1-29(2,3)42-28(38)36-26-15(7-32)21-24(33-9-19(30)25(21)43-26)20-18-13-40-12-17(18)16-8-34-27(35-23(16)22(20)31)41-11-14-10-39-6-5-37(14)4/h8-9,14H,5-6,10-13H2,1-4H3,(H,36,38)/t14-/m1/s1. The predicted molar refractivity (Wildman–Crippen MR) is 154 cm³/mol. The lowest BCUT2D eigenvalue weighted by atomic mass is 9.94. The van der Waals surface area contributed by atoms with E-state index in [1.807, 2.05) is 13.1 Å². The van der Waals surface area contributed by atoms with Crippen LogP contribution in [0.1, 0.15) is 37.5 Å². The molecule has 43 heavy (non-hydrogen) atoms. The largest absolute Gasteiger partial charge is 0.462 e. The summed E-state index contributed by atoms with van der Waals surface area (Å²) in [5, 5.41) is 13.2. The number of nitrogens with zero attached hydrogens (tertiary/aromatic N) is 5. The van der Waals surface area contributed by atoms with Crippen molar-refractivity contribution < 1.29 is 32.5 Å². The van der Waals surface area contributed by atoms with Crippen molar-refractivity contribution in [2.45, 2.75) is 45.6 Å². The molecule has 1 aromatic carbocycles. The fraction of sp³-hybridized carbons (Fsp3) is 0.414. The summed E-state index contributed by atoms with van der Waals surface area (Å²) < 4.78 is 54.1. The molecule has 4 aromatic rings. The second-order valence-electron chi connectivity index (χ2n) is 11.3. The van der Waals surface area contributed by atoms with Gasteiger partial charge in [0.2, 0.25) is 0 Å². The highest BCUT2D eigenvalue weighted by atomic mass is 32.1. The molecule has 3 aromatic heterocycles. The lowest BCUT2D eigenvalue weighted by molar-refractivity contribution is -0.0119. The average Bonchev–Trinajstić information content (AvgIpc) is 3.58. The maximum Gasteiger partial charge on any atom is 0.412 e. The molecule has 2 aliphatic rings. The SMILES string of the molecule is CN1CCOC[C@@H]1COc1ncc2c3c(c(-c4ncc(F)c5sc(NC(=O)OC(C)(C)C)c(C#N)c45)c(F)c2n1)COC3. The van der Waals surface area contributed by atoms with E-state index in [1.165, 1.54) is 6.20 Å². The van der Waals surface area contributed by atoms with Crippen LogP contribution >= 0.6 is 11.3 Å². The minimum absolute atomic E-state index is 0.00921. The molecule has 1 fully saturated rings. The Kier molecular flexibility index (Phi) is 7.59. The average molecular weight is 611 g/mol. The number of aromatic nitrogens is 3. The number of thiophene rings is 1. The maximum absolute atomic E-state index is 16.6. The van der Waals surface area contributed by atoms with E-state index in [2.05, 4.69) is 25.2 Å². The van der Waals surface area contributed by atoms with Gasteiger partial charge in [0, 0.05) is 29.1 Å². The molecule has 6 rings (SSSR count). The topological polar surface area (TPSA) is 132 Å². The van der Waals surface area contributed by atoms with E-state index in [-0.39, 0.29) is 69.3 Å². The summed E-state index contributed by atoms with van der Waals surface area (Å²) in [5.41, 5.74) is 0.352. The first kappa shape index (κ1) is 29.1. The summed E-state index contributed by atoms with van der Waals surface area (Å²) >= 11 is 0.841. The Morgan fingerprint density at radius 3 is 2.77 bits per heavy atom. The Hall–Kier alpha value is -4.03. The highest BCUT2D eigenvalue weighted by molar-refractivity contribution is 7.23. The van der Waals surface area contributed by atoms with Gasteiger partial charge < -0.3 is 18.9 Å². The summed E-state index contributed by atoms with van der Waals surface area (Å²) in [7, 11) is 1.97. The van der Waals surface area contributed by atoms with Crippen LogP contribution in [-0.4, -0.2) is 71.0 Å². The van der Waals surface area contributed by atoms with Crippen molar-refractivity contribution in [2.24, 2.45) is 0 Å². The van der Waals surface area contributed by atoms with Crippen LogP contribution in [0.25, 0.3) is 32.2 Å². The van der Waals surface area contributed by atoms with E-state index in [0.29, 0.717) is 29.7 Å². The third-order valence-electron chi connectivity index (χ3n) is 7.24. The quantitative estimate of drug-likeness (QED) is 0.324. The minimum atomic E-state index is -0.813. The summed E-state index contributed by atoms with van der Waals surface area (Å²) in [6.45, 7) is 7.47. The van der Waals surface area contributed by atoms with Crippen molar-refractivity contribution in [2.75, 3.05) is 38.7 Å². The number of pyridine rings is 1. The van der Waals surface area contributed by atoms with Crippen molar-refractivity contribution in [3.8, 4) is 23.3 Å². The van der Waals surface area contributed by atoms with Gasteiger partial charge in [-0.15, -0.1) is 11.3 Å². The Morgan fingerprint density at radius 1 is 1.23 bits per heavy atom. The Bertz CT molecular complexity index is 1800. The van der Waals surface area contributed by atoms with Gasteiger partial charge in [0.25, 0.3) is 0 Å². The molecule has 2 aliphatic heterocycles. The highest BCUT2D eigenvalue weighted by Gasteiger charge is 2.31. The molecule has 0 aliphatic carbocycles. The van der Waals surface area contributed by atoms with Crippen LogP contribution in [0.3, 0.4) is 0 Å². The van der Waals surface area contributed by atoms with E-state index in [9.17, 15) is 10.1 Å². The van der Waals surface area contributed by atoms with E-state index in [4.69, 9.17) is 18.9 Å². The lowest BCUT2D eigenvalue weighted by Gasteiger charge is -2.31. The molecule has 1 atom stereocenters. The zero-order chi connectivity index (χ0) is 30.5. The monoisotopic (exact) mass is 610 g/mol.